The van der Waals surface area contributed by atoms with Gasteiger partial charge in [0.05, 0.1) is 4.92 Å². The maximum absolute atomic E-state index is 11.9. The van der Waals surface area contributed by atoms with Crippen LogP contribution < -0.4 is 10.6 Å². The Morgan fingerprint density at radius 3 is 2.45 bits per heavy atom. The summed E-state index contributed by atoms with van der Waals surface area (Å²) in [5.41, 5.74) is 1.75. The highest BCUT2D eigenvalue weighted by atomic mass is 32.1. The smallest absolute Gasteiger partial charge is 0.269 e. The van der Waals surface area contributed by atoms with E-state index in [-0.39, 0.29) is 16.7 Å². The molecule has 0 aliphatic carbocycles. The molecule has 0 fully saturated rings. The first kappa shape index (κ1) is 15.6. The average molecular weight is 315 g/mol. The Morgan fingerprint density at radius 1 is 1.18 bits per heavy atom. The molecule has 2 aromatic carbocycles. The van der Waals surface area contributed by atoms with Crippen molar-refractivity contribution in [3.8, 4) is 0 Å². The molecule has 0 bridgehead atoms. The maximum atomic E-state index is 11.9. The fourth-order valence-corrected chi connectivity index (χ4v) is 2.02. The second kappa shape index (κ2) is 6.77. The van der Waals surface area contributed by atoms with Gasteiger partial charge in [0.15, 0.2) is 5.11 Å². The quantitative estimate of drug-likeness (QED) is 0.517. The third-order valence-electron chi connectivity index (χ3n) is 2.93. The normalized spacial score (nSPS) is 9.86. The molecular weight excluding hydrogens is 302 g/mol. The summed E-state index contributed by atoms with van der Waals surface area (Å²) in [6.45, 7) is 1.72. The molecule has 0 spiro atoms. The Hall–Kier alpha value is -2.80. The van der Waals surface area contributed by atoms with Gasteiger partial charge in [-0.15, -0.1) is 0 Å². The van der Waals surface area contributed by atoms with Crippen molar-refractivity contribution in [3.63, 3.8) is 0 Å². The number of aryl methyl sites for hydroxylation is 1. The first-order valence-electron chi connectivity index (χ1n) is 6.40. The van der Waals surface area contributed by atoms with E-state index in [2.05, 4.69) is 10.6 Å². The molecule has 0 unspecified atom stereocenters. The van der Waals surface area contributed by atoms with Crippen LogP contribution in [0.4, 0.5) is 11.4 Å². The number of nitrogens with one attached hydrogen (secondary N) is 2. The van der Waals surface area contributed by atoms with E-state index in [1.165, 1.54) is 12.1 Å². The Bertz CT molecular complexity index is 732. The van der Waals surface area contributed by atoms with E-state index < -0.39 is 4.92 Å². The second-order valence-electron chi connectivity index (χ2n) is 4.53. The van der Waals surface area contributed by atoms with Crippen LogP contribution in [0.3, 0.4) is 0 Å². The van der Waals surface area contributed by atoms with Gasteiger partial charge in [0.1, 0.15) is 0 Å². The van der Waals surface area contributed by atoms with Gasteiger partial charge in [-0.1, -0.05) is 18.2 Å². The molecule has 0 heterocycles. The molecule has 0 aromatic heterocycles. The third-order valence-corrected chi connectivity index (χ3v) is 3.14. The first-order valence-corrected chi connectivity index (χ1v) is 6.80. The summed E-state index contributed by atoms with van der Waals surface area (Å²) < 4.78 is 0. The summed E-state index contributed by atoms with van der Waals surface area (Å²) in [7, 11) is 0. The lowest BCUT2D eigenvalue weighted by Gasteiger charge is -2.11. The molecule has 2 aromatic rings. The zero-order valence-corrected chi connectivity index (χ0v) is 12.5. The van der Waals surface area contributed by atoms with Crippen LogP contribution in [0, 0.1) is 17.0 Å². The molecule has 22 heavy (non-hydrogen) atoms. The van der Waals surface area contributed by atoms with Crippen LogP contribution in [0.25, 0.3) is 0 Å². The number of hydrogen-bond donors (Lipinski definition) is 2. The van der Waals surface area contributed by atoms with Crippen LogP contribution in [0.5, 0.6) is 0 Å². The number of rotatable bonds is 3. The lowest BCUT2D eigenvalue weighted by atomic mass is 10.2. The molecule has 2 rings (SSSR count). The van der Waals surface area contributed by atoms with Gasteiger partial charge in [-0.3, -0.25) is 20.2 Å². The van der Waals surface area contributed by atoms with Gasteiger partial charge in [0.25, 0.3) is 11.6 Å². The highest BCUT2D eigenvalue weighted by molar-refractivity contribution is 7.80. The molecule has 0 atom stereocenters. The van der Waals surface area contributed by atoms with Gasteiger partial charge in [-0.05, 0) is 42.9 Å². The number of nitrogens with zero attached hydrogens (tertiary/aromatic N) is 1. The number of benzene rings is 2. The van der Waals surface area contributed by atoms with Crippen molar-refractivity contribution >= 4 is 34.6 Å². The Kier molecular flexibility index (Phi) is 4.80. The van der Waals surface area contributed by atoms with Gasteiger partial charge in [0, 0.05) is 23.4 Å². The highest BCUT2D eigenvalue weighted by Crippen LogP contribution is 2.21. The molecule has 2 N–H and O–H groups in total. The Balaban J connectivity index is 2.03. The number of hydrogen-bond acceptors (Lipinski definition) is 4. The summed E-state index contributed by atoms with van der Waals surface area (Å²) in [5, 5.41) is 16.2. The minimum absolute atomic E-state index is 0.00212. The van der Waals surface area contributed by atoms with E-state index in [1.807, 2.05) is 6.07 Å². The predicted octanol–water partition coefficient (Wildman–Crippen LogP) is 3.03. The van der Waals surface area contributed by atoms with Gasteiger partial charge in [-0.2, -0.15) is 0 Å². The van der Waals surface area contributed by atoms with Crippen LogP contribution in [0.1, 0.15) is 15.9 Å². The molecule has 1 amide bonds. The zero-order valence-electron chi connectivity index (χ0n) is 11.7. The van der Waals surface area contributed by atoms with Crippen molar-refractivity contribution in [2.75, 3.05) is 5.32 Å². The van der Waals surface area contributed by atoms with Crippen molar-refractivity contribution in [1.29, 1.82) is 0 Å². The van der Waals surface area contributed by atoms with E-state index in [0.29, 0.717) is 16.8 Å². The van der Waals surface area contributed by atoms with E-state index in [4.69, 9.17) is 12.2 Å². The monoisotopic (exact) mass is 315 g/mol. The second-order valence-corrected chi connectivity index (χ2v) is 4.94. The summed E-state index contributed by atoms with van der Waals surface area (Å²) in [6, 6.07) is 13.0. The Labute approximate surface area is 132 Å². The molecule has 112 valence electrons. The lowest BCUT2D eigenvalue weighted by molar-refractivity contribution is -0.384. The summed E-state index contributed by atoms with van der Waals surface area (Å²) in [5.74, 6) is -0.322. The molecule has 0 radical (unpaired) electrons. The van der Waals surface area contributed by atoms with Crippen molar-refractivity contribution in [3.05, 3.63) is 69.8 Å². The van der Waals surface area contributed by atoms with Gasteiger partial charge in [-0.25, -0.2) is 0 Å². The van der Waals surface area contributed by atoms with Gasteiger partial charge < -0.3 is 5.32 Å². The largest absolute Gasteiger partial charge is 0.332 e. The third kappa shape index (κ3) is 3.86. The standard InChI is InChI=1S/C15H13N3O3S/c1-10-9-12(18(20)21)7-8-13(10)16-15(22)17-14(19)11-5-3-2-4-6-11/h2-9H,1H3,(H2,16,17,19,22). The summed E-state index contributed by atoms with van der Waals surface area (Å²) >= 11 is 5.08. The Morgan fingerprint density at radius 2 is 1.86 bits per heavy atom. The molecule has 0 aliphatic rings. The SMILES string of the molecule is Cc1cc([N+](=O)[O-])ccc1NC(=S)NC(=O)c1ccccc1. The molecule has 0 aliphatic heterocycles. The molecule has 0 saturated heterocycles. The van der Waals surface area contributed by atoms with Crippen molar-refractivity contribution in [2.45, 2.75) is 6.92 Å². The minimum Gasteiger partial charge on any atom is -0.332 e. The van der Waals surface area contributed by atoms with Crippen LogP contribution in [-0.4, -0.2) is 15.9 Å². The van der Waals surface area contributed by atoms with Gasteiger partial charge >= 0.3 is 0 Å². The number of anilines is 1. The first-order chi connectivity index (χ1) is 10.5. The highest BCUT2D eigenvalue weighted by Gasteiger charge is 2.11. The van der Waals surface area contributed by atoms with E-state index >= 15 is 0 Å². The maximum Gasteiger partial charge on any atom is 0.269 e. The van der Waals surface area contributed by atoms with Crippen molar-refractivity contribution in [2.24, 2.45) is 0 Å². The van der Waals surface area contributed by atoms with Crippen LogP contribution >= 0.6 is 12.2 Å². The number of thiocarbonyl (C=S) groups is 1. The van der Waals surface area contributed by atoms with Crippen molar-refractivity contribution in [1.82, 2.24) is 5.32 Å². The predicted molar refractivity (Wildman–Crippen MR) is 88.0 cm³/mol. The van der Waals surface area contributed by atoms with E-state index in [9.17, 15) is 14.9 Å². The van der Waals surface area contributed by atoms with E-state index in [1.54, 1.807) is 37.3 Å². The average Bonchev–Trinajstić information content (AvgIpc) is 2.50. The number of carbonyl (C=O) groups is 1. The fraction of sp³-hybridized carbons (Fsp3) is 0.0667. The molecular formula is C15H13N3O3S. The van der Waals surface area contributed by atoms with E-state index in [0.717, 1.165) is 0 Å². The molecule has 7 heteroatoms. The molecule has 6 nitrogen and oxygen atoms in total. The number of nitro groups is 1. The van der Waals surface area contributed by atoms with Crippen LogP contribution in [0.15, 0.2) is 48.5 Å². The molecule has 0 saturated carbocycles. The number of amides is 1. The minimum atomic E-state index is -0.466. The van der Waals surface area contributed by atoms with Crippen LogP contribution in [0.2, 0.25) is 0 Å². The van der Waals surface area contributed by atoms with Gasteiger partial charge in [0.2, 0.25) is 0 Å². The lowest BCUT2D eigenvalue weighted by Crippen LogP contribution is -2.34. The zero-order chi connectivity index (χ0) is 16.1. The van der Waals surface area contributed by atoms with Crippen molar-refractivity contribution < 1.29 is 9.72 Å². The van der Waals surface area contributed by atoms with Crippen LogP contribution in [-0.2, 0) is 0 Å². The number of nitro benzene ring substituents is 1. The fourth-order valence-electron chi connectivity index (χ4n) is 1.82. The summed E-state index contributed by atoms with van der Waals surface area (Å²) in [4.78, 5) is 22.2. The topological polar surface area (TPSA) is 84.3 Å². The number of non-ortho nitro benzene ring substituents is 1. The number of carbonyl (C=O) groups excluding carboxylic acids is 1. The summed E-state index contributed by atoms with van der Waals surface area (Å²) in [6.07, 6.45) is 0.